The molecule has 1 heterocycles. The second kappa shape index (κ2) is 8.76. The quantitative estimate of drug-likeness (QED) is 0.750. The summed E-state index contributed by atoms with van der Waals surface area (Å²) in [5.74, 6) is -0.618. The number of ether oxygens (including phenoxy) is 2. The standard InChI is InChI=1S/C20H25N3O6/c1-20(2,3)29-18(26)21-15(17(25)28-5)12-13-6-8-14(9-7-13)23-16(24)10-11-22(4)19(23)27/h6-11,15H,12H2,1-5H3,(H,21,26). The average molecular weight is 403 g/mol. The topological polar surface area (TPSA) is 109 Å². The molecule has 2 rings (SSSR count). The summed E-state index contributed by atoms with van der Waals surface area (Å²) in [4.78, 5) is 48.3. The first kappa shape index (κ1) is 21.9. The zero-order valence-corrected chi connectivity index (χ0v) is 17.1. The van der Waals surface area contributed by atoms with Crippen LogP contribution in [-0.4, -0.2) is 39.9 Å². The normalized spacial score (nSPS) is 12.2. The van der Waals surface area contributed by atoms with E-state index in [1.807, 2.05) is 0 Å². The van der Waals surface area contributed by atoms with Crippen molar-refractivity contribution >= 4 is 12.1 Å². The highest BCUT2D eigenvalue weighted by molar-refractivity contribution is 5.81. The molecule has 0 bridgehead atoms. The number of methoxy groups -OCH3 is 1. The summed E-state index contributed by atoms with van der Waals surface area (Å²) in [5, 5.41) is 2.50. The summed E-state index contributed by atoms with van der Waals surface area (Å²) in [6.07, 6.45) is 0.816. The van der Waals surface area contributed by atoms with Crippen molar-refractivity contribution in [3.05, 3.63) is 62.9 Å². The van der Waals surface area contributed by atoms with Gasteiger partial charge in [0, 0.05) is 25.7 Å². The first-order chi connectivity index (χ1) is 13.5. The Morgan fingerprint density at radius 2 is 1.72 bits per heavy atom. The second-order valence-corrected chi connectivity index (χ2v) is 7.48. The Bertz CT molecular complexity index is 999. The van der Waals surface area contributed by atoms with Gasteiger partial charge in [-0.3, -0.25) is 4.79 Å². The highest BCUT2D eigenvalue weighted by atomic mass is 16.6. The molecule has 9 heteroatoms. The van der Waals surface area contributed by atoms with E-state index >= 15 is 0 Å². The minimum atomic E-state index is -0.951. The van der Waals surface area contributed by atoms with Gasteiger partial charge in [0.25, 0.3) is 5.56 Å². The van der Waals surface area contributed by atoms with E-state index in [1.54, 1.807) is 52.1 Å². The number of alkyl carbamates (subject to hydrolysis) is 1. The molecule has 1 amide bonds. The number of esters is 1. The summed E-state index contributed by atoms with van der Waals surface area (Å²) in [7, 11) is 2.78. The minimum absolute atomic E-state index is 0.147. The third kappa shape index (κ3) is 5.81. The first-order valence-corrected chi connectivity index (χ1v) is 8.97. The summed E-state index contributed by atoms with van der Waals surface area (Å²) >= 11 is 0. The summed E-state index contributed by atoms with van der Waals surface area (Å²) in [5.41, 5.74) is -0.526. The molecular weight excluding hydrogens is 378 g/mol. The van der Waals surface area contributed by atoms with Crippen molar-refractivity contribution in [3.63, 3.8) is 0 Å². The Morgan fingerprint density at radius 3 is 2.28 bits per heavy atom. The fraction of sp³-hybridized carbons (Fsp3) is 0.400. The van der Waals surface area contributed by atoms with Crippen LogP contribution in [0.2, 0.25) is 0 Å². The van der Waals surface area contributed by atoms with Crippen molar-refractivity contribution in [2.24, 2.45) is 7.05 Å². The zero-order valence-electron chi connectivity index (χ0n) is 17.1. The smallest absolute Gasteiger partial charge is 0.408 e. The van der Waals surface area contributed by atoms with Crippen LogP contribution in [0.5, 0.6) is 0 Å². The Hall–Kier alpha value is -3.36. The Balaban J connectivity index is 2.22. The Morgan fingerprint density at radius 1 is 1.10 bits per heavy atom. The van der Waals surface area contributed by atoms with Crippen LogP contribution in [0.25, 0.3) is 5.69 Å². The van der Waals surface area contributed by atoms with E-state index in [-0.39, 0.29) is 6.42 Å². The van der Waals surface area contributed by atoms with E-state index < -0.39 is 35.0 Å². The monoisotopic (exact) mass is 403 g/mol. The van der Waals surface area contributed by atoms with Gasteiger partial charge >= 0.3 is 17.8 Å². The molecule has 2 aromatic rings. The number of nitrogens with one attached hydrogen (secondary N) is 1. The lowest BCUT2D eigenvalue weighted by molar-refractivity contribution is -0.143. The van der Waals surface area contributed by atoms with Crippen LogP contribution in [0, 0.1) is 0 Å². The van der Waals surface area contributed by atoms with Gasteiger partial charge in [-0.05, 0) is 38.5 Å². The molecule has 29 heavy (non-hydrogen) atoms. The van der Waals surface area contributed by atoms with Gasteiger partial charge in [0.1, 0.15) is 11.6 Å². The van der Waals surface area contributed by atoms with Gasteiger partial charge in [-0.2, -0.15) is 0 Å². The van der Waals surface area contributed by atoms with Crippen LogP contribution in [0.1, 0.15) is 26.3 Å². The predicted molar refractivity (Wildman–Crippen MR) is 106 cm³/mol. The van der Waals surface area contributed by atoms with E-state index in [1.165, 1.54) is 23.9 Å². The number of carbonyl (C=O) groups is 2. The molecule has 0 fully saturated rings. The van der Waals surface area contributed by atoms with Crippen LogP contribution >= 0.6 is 0 Å². The van der Waals surface area contributed by atoms with Gasteiger partial charge < -0.3 is 19.4 Å². The van der Waals surface area contributed by atoms with Gasteiger partial charge in [-0.15, -0.1) is 0 Å². The Labute approximate surface area is 167 Å². The summed E-state index contributed by atoms with van der Waals surface area (Å²) in [6, 6.07) is 6.88. The van der Waals surface area contributed by atoms with E-state index in [2.05, 4.69) is 5.32 Å². The van der Waals surface area contributed by atoms with Crippen LogP contribution in [0.15, 0.2) is 46.1 Å². The minimum Gasteiger partial charge on any atom is -0.467 e. The van der Waals surface area contributed by atoms with Crippen LogP contribution < -0.4 is 16.6 Å². The largest absolute Gasteiger partial charge is 0.467 e. The van der Waals surface area contributed by atoms with Crippen molar-refractivity contribution in [2.75, 3.05) is 7.11 Å². The van der Waals surface area contributed by atoms with Crippen LogP contribution in [0.4, 0.5) is 4.79 Å². The molecule has 0 aliphatic carbocycles. The number of nitrogens with zero attached hydrogens (tertiary/aromatic N) is 2. The van der Waals surface area contributed by atoms with Crippen LogP contribution in [0.3, 0.4) is 0 Å². The molecule has 1 unspecified atom stereocenters. The molecule has 9 nitrogen and oxygen atoms in total. The zero-order chi connectivity index (χ0) is 21.8. The average Bonchev–Trinajstić information content (AvgIpc) is 2.63. The molecule has 0 saturated carbocycles. The number of amides is 1. The molecule has 0 radical (unpaired) electrons. The number of carbonyl (C=O) groups excluding carboxylic acids is 2. The lowest BCUT2D eigenvalue weighted by atomic mass is 10.1. The van der Waals surface area contributed by atoms with Gasteiger partial charge in [0.05, 0.1) is 12.8 Å². The molecule has 1 atom stereocenters. The SMILES string of the molecule is COC(=O)C(Cc1ccc(-n2c(=O)ccn(C)c2=O)cc1)NC(=O)OC(C)(C)C. The fourth-order valence-corrected chi connectivity index (χ4v) is 2.61. The van der Waals surface area contributed by atoms with Gasteiger partial charge in [0.2, 0.25) is 0 Å². The summed E-state index contributed by atoms with van der Waals surface area (Å²) < 4.78 is 12.3. The van der Waals surface area contributed by atoms with Crippen molar-refractivity contribution in [2.45, 2.75) is 38.8 Å². The maximum Gasteiger partial charge on any atom is 0.408 e. The van der Waals surface area contributed by atoms with Gasteiger partial charge in [0.15, 0.2) is 0 Å². The van der Waals surface area contributed by atoms with Gasteiger partial charge in [-0.25, -0.2) is 19.0 Å². The second-order valence-electron chi connectivity index (χ2n) is 7.48. The fourth-order valence-electron chi connectivity index (χ4n) is 2.61. The molecule has 0 saturated heterocycles. The molecular formula is C20H25N3O6. The number of benzene rings is 1. The van der Waals surface area contributed by atoms with E-state index in [9.17, 15) is 19.2 Å². The lowest BCUT2D eigenvalue weighted by Gasteiger charge is -2.22. The van der Waals surface area contributed by atoms with Crippen LogP contribution in [-0.2, 0) is 27.7 Å². The summed E-state index contributed by atoms with van der Waals surface area (Å²) in [6.45, 7) is 5.15. The molecule has 0 aliphatic rings. The number of aromatic nitrogens is 2. The van der Waals surface area contributed by atoms with Gasteiger partial charge in [-0.1, -0.05) is 12.1 Å². The van der Waals surface area contributed by atoms with Crippen molar-refractivity contribution in [3.8, 4) is 5.69 Å². The molecule has 156 valence electrons. The number of rotatable bonds is 5. The Kier molecular flexibility index (Phi) is 6.63. The van der Waals surface area contributed by atoms with Crippen molar-refractivity contribution in [1.82, 2.24) is 14.5 Å². The molecule has 1 aromatic heterocycles. The predicted octanol–water partition coefficient (Wildman–Crippen LogP) is 1.15. The first-order valence-electron chi connectivity index (χ1n) is 8.97. The van der Waals surface area contributed by atoms with E-state index in [0.717, 1.165) is 4.57 Å². The van der Waals surface area contributed by atoms with Crippen molar-refractivity contribution < 1.29 is 19.1 Å². The number of hydrogen-bond acceptors (Lipinski definition) is 6. The third-order valence-electron chi connectivity index (χ3n) is 3.97. The molecule has 1 aromatic carbocycles. The molecule has 1 N–H and O–H groups in total. The maximum absolute atomic E-state index is 12.2. The number of hydrogen-bond donors (Lipinski definition) is 1. The molecule has 0 spiro atoms. The number of aryl methyl sites for hydroxylation is 1. The molecule has 0 aliphatic heterocycles. The lowest BCUT2D eigenvalue weighted by Crippen LogP contribution is -2.45. The van der Waals surface area contributed by atoms with E-state index in [4.69, 9.17) is 9.47 Å². The van der Waals surface area contributed by atoms with Crippen molar-refractivity contribution in [1.29, 1.82) is 0 Å². The maximum atomic E-state index is 12.2. The highest BCUT2D eigenvalue weighted by Crippen LogP contribution is 2.11. The highest BCUT2D eigenvalue weighted by Gasteiger charge is 2.25. The third-order valence-corrected chi connectivity index (χ3v) is 3.97. The van der Waals surface area contributed by atoms with E-state index in [0.29, 0.717) is 11.3 Å².